The lowest BCUT2D eigenvalue weighted by Gasteiger charge is -2.06. The van der Waals surface area contributed by atoms with Crippen molar-refractivity contribution in [2.75, 3.05) is 23.0 Å². The van der Waals surface area contributed by atoms with Crippen LogP contribution in [0.25, 0.3) is 0 Å². The number of hydrogen-bond acceptors (Lipinski definition) is 7. The second-order valence-corrected chi connectivity index (χ2v) is 6.54. The lowest BCUT2D eigenvalue weighted by Crippen LogP contribution is -2.13. The zero-order valence-electron chi connectivity index (χ0n) is 15.1. The molecule has 2 N–H and O–H groups in total. The van der Waals surface area contributed by atoms with Gasteiger partial charge in [0.25, 0.3) is 5.22 Å². The van der Waals surface area contributed by atoms with Gasteiger partial charge >= 0.3 is 0 Å². The largest absolute Gasteiger partial charge is 0.494 e. The van der Waals surface area contributed by atoms with Gasteiger partial charge in [0.1, 0.15) is 11.6 Å². The minimum absolute atomic E-state index is 0.139. The standard InChI is InChI=1S/C19H19FN4O3S/c1-2-26-16-9-7-15(8-10-16)22-17(25)12-28-19-24-23-18(27-19)11-21-14-5-3-13(20)4-6-14/h3-10,21H,2,11-12H2,1H3,(H,22,25). The average Bonchev–Trinajstić information content (AvgIpc) is 3.16. The summed E-state index contributed by atoms with van der Waals surface area (Å²) in [7, 11) is 0. The number of benzene rings is 2. The van der Waals surface area contributed by atoms with E-state index >= 15 is 0 Å². The van der Waals surface area contributed by atoms with Crippen LogP contribution in [0.2, 0.25) is 0 Å². The van der Waals surface area contributed by atoms with Crippen molar-refractivity contribution in [3.8, 4) is 5.75 Å². The van der Waals surface area contributed by atoms with Crippen molar-refractivity contribution in [2.45, 2.75) is 18.7 Å². The number of carbonyl (C=O) groups excluding carboxylic acids is 1. The maximum absolute atomic E-state index is 12.9. The zero-order chi connectivity index (χ0) is 19.8. The summed E-state index contributed by atoms with van der Waals surface area (Å²) in [6.07, 6.45) is 0. The first-order valence-corrected chi connectivity index (χ1v) is 9.58. The number of ether oxygens (including phenoxy) is 1. The fraction of sp³-hybridized carbons (Fsp3) is 0.211. The van der Waals surface area contributed by atoms with Gasteiger partial charge in [-0.15, -0.1) is 10.2 Å². The lowest BCUT2D eigenvalue weighted by atomic mass is 10.3. The van der Waals surface area contributed by atoms with Gasteiger partial charge in [0.15, 0.2) is 0 Å². The van der Waals surface area contributed by atoms with E-state index in [0.29, 0.717) is 30.0 Å². The summed E-state index contributed by atoms with van der Waals surface area (Å²) >= 11 is 1.15. The number of rotatable bonds is 9. The van der Waals surface area contributed by atoms with Crippen LogP contribution in [0.4, 0.5) is 15.8 Å². The van der Waals surface area contributed by atoms with Gasteiger partial charge in [-0.25, -0.2) is 4.39 Å². The second-order valence-electron chi connectivity index (χ2n) is 5.62. The molecule has 0 radical (unpaired) electrons. The van der Waals surface area contributed by atoms with E-state index in [1.807, 2.05) is 6.92 Å². The number of anilines is 2. The van der Waals surface area contributed by atoms with Crippen molar-refractivity contribution < 1.29 is 18.3 Å². The molecular formula is C19H19FN4O3S. The van der Waals surface area contributed by atoms with Crippen molar-refractivity contribution in [2.24, 2.45) is 0 Å². The molecule has 2 aromatic carbocycles. The maximum atomic E-state index is 12.9. The van der Waals surface area contributed by atoms with Crippen LogP contribution in [0.5, 0.6) is 5.75 Å². The number of halogens is 1. The predicted octanol–water partition coefficient (Wildman–Crippen LogP) is 3.95. The highest BCUT2D eigenvalue weighted by Gasteiger charge is 2.10. The van der Waals surface area contributed by atoms with Crippen LogP contribution in [-0.4, -0.2) is 28.5 Å². The molecule has 3 aromatic rings. The first-order chi connectivity index (χ1) is 13.6. The summed E-state index contributed by atoms with van der Waals surface area (Å²) in [5, 5.41) is 14.0. The van der Waals surface area contributed by atoms with Crippen molar-refractivity contribution in [3.05, 3.63) is 60.2 Å². The lowest BCUT2D eigenvalue weighted by molar-refractivity contribution is -0.113. The fourth-order valence-electron chi connectivity index (χ4n) is 2.24. The summed E-state index contributed by atoms with van der Waals surface area (Å²) in [5.41, 5.74) is 1.42. The van der Waals surface area contributed by atoms with Gasteiger partial charge in [-0.2, -0.15) is 0 Å². The van der Waals surface area contributed by atoms with Gasteiger partial charge in [0.2, 0.25) is 11.8 Å². The third-order valence-electron chi connectivity index (χ3n) is 3.51. The summed E-state index contributed by atoms with van der Waals surface area (Å²) in [4.78, 5) is 12.0. The molecule has 0 aliphatic carbocycles. The van der Waals surface area contributed by atoms with Crippen LogP contribution >= 0.6 is 11.8 Å². The Hall–Kier alpha value is -3.07. The van der Waals surface area contributed by atoms with Crippen molar-refractivity contribution in [1.82, 2.24) is 10.2 Å². The molecule has 28 heavy (non-hydrogen) atoms. The van der Waals surface area contributed by atoms with Crippen LogP contribution in [0, 0.1) is 5.82 Å². The molecule has 0 unspecified atom stereocenters. The Bertz CT molecular complexity index is 900. The summed E-state index contributed by atoms with van der Waals surface area (Å²) in [6, 6.07) is 13.1. The third-order valence-corrected chi connectivity index (χ3v) is 4.33. The number of aromatic nitrogens is 2. The normalized spacial score (nSPS) is 10.5. The number of nitrogens with one attached hydrogen (secondary N) is 2. The molecule has 7 nitrogen and oxygen atoms in total. The Labute approximate surface area is 165 Å². The highest BCUT2D eigenvalue weighted by atomic mass is 32.2. The maximum Gasteiger partial charge on any atom is 0.277 e. The highest BCUT2D eigenvalue weighted by molar-refractivity contribution is 7.99. The topological polar surface area (TPSA) is 89.3 Å². The van der Waals surface area contributed by atoms with Crippen LogP contribution < -0.4 is 15.4 Å². The van der Waals surface area contributed by atoms with Gasteiger partial charge in [0, 0.05) is 11.4 Å². The van der Waals surface area contributed by atoms with E-state index in [0.717, 1.165) is 23.2 Å². The first-order valence-electron chi connectivity index (χ1n) is 8.59. The van der Waals surface area contributed by atoms with Gasteiger partial charge < -0.3 is 19.8 Å². The zero-order valence-corrected chi connectivity index (χ0v) is 16.0. The van der Waals surface area contributed by atoms with Crippen molar-refractivity contribution >= 4 is 29.0 Å². The van der Waals surface area contributed by atoms with Gasteiger partial charge in [0.05, 0.1) is 18.9 Å². The molecule has 1 amide bonds. The number of carbonyl (C=O) groups is 1. The van der Waals surface area contributed by atoms with Crippen molar-refractivity contribution in [3.63, 3.8) is 0 Å². The third kappa shape index (κ3) is 5.98. The highest BCUT2D eigenvalue weighted by Crippen LogP contribution is 2.19. The minimum Gasteiger partial charge on any atom is -0.494 e. The molecular weight excluding hydrogens is 383 g/mol. The number of amides is 1. The molecule has 3 rings (SSSR count). The number of nitrogens with zero attached hydrogens (tertiary/aromatic N) is 2. The molecule has 0 fully saturated rings. The number of thioether (sulfide) groups is 1. The molecule has 1 aromatic heterocycles. The summed E-state index contributed by atoms with van der Waals surface area (Å²) in [5.74, 6) is 0.783. The van der Waals surface area contributed by atoms with Crippen LogP contribution in [-0.2, 0) is 11.3 Å². The van der Waals surface area contributed by atoms with Crippen LogP contribution in [0.3, 0.4) is 0 Å². The van der Waals surface area contributed by atoms with Crippen molar-refractivity contribution in [1.29, 1.82) is 0 Å². The van der Waals surface area contributed by atoms with Gasteiger partial charge in [-0.05, 0) is 55.5 Å². The monoisotopic (exact) mass is 402 g/mol. The van der Waals surface area contributed by atoms with E-state index in [1.54, 1.807) is 36.4 Å². The van der Waals surface area contributed by atoms with Crippen LogP contribution in [0.1, 0.15) is 12.8 Å². The minimum atomic E-state index is -0.300. The second kappa shape index (κ2) is 9.75. The number of hydrogen-bond donors (Lipinski definition) is 2. The summed E-state index contributed by atoms with van der Waals surface area (Å²) in [6.45, 7) is 2.81. The van der Waals surface area contributed by atoms with E-state index in [2.05, 4.69) is 20.8 Å². The molecule has 0 bridgehead atoms. The van der Waals surface area contributed by atoms with E-state index in [-0.39, 0.29) is 17.5 Å². The van der Waals surface area contributed by atoms with E-state index in [9.17, 15) is 9.18 Å². The Kier molecular flexibility index (Phi) is 6.85. The van der Waals surface area contributed by atoms with E-state index in [4.69, 9.17) is 9.15 Å². The van der Waals surface area contributed by atoms with Gasteiger partial charge in [-0.1, -0.05) is 11.8 Å². The smallest absolute Gasteiger partial charge is 0.277 e. The predicted molar refractivity (Wildman–Crippen MR) is 105 cm³/mol. The average molecular weight is 402 g/mol. The van der Waals surface area contributed by atoms with E-state index < -0.39 is 0 Å². The fourth-order valence-corrected chi connectivity index (χ4v) is 2.82. The van der Waals surface area contributed by atoms with Crippen LogP contribution in [0.15, 0.2) is 58.2 Å². The summed E-state index contributed by atoms with van der Waals surface area (Å²) < 4.78 is 23.7. The molecule has 0 spiro atoms. The Morgan fingerprint density at radius 1 is 1.11 bits per heavy atom. The molecule has 1 heterocycles. The Morgan fingerprint density at radius 3 is 2.54 bits per heavy atom. The quantitative estimate of drug-likeness (QED) is 0.524. The molecule has 0 saturated heterocycles. The molecule has 9 heteroatoms. The molecule has 146 valence electrons. The first kappa shape index (κ1) is 19.7. The molecule has 0 saturated carbocycles. The van der Waals surface area contributed by atoms with E-state index in [1.165, 1.54) is 12.1 Å². The molecule has 0 aliphatic rings. The Balaban J connectivity index is 1.43. The molecule has 0 aliphatic heterocycles. The van der Waals surface area contributed by atoms with Gasteiger partial charge in [-0.3, -0.25) is 4.79 Å². The SMILES string of the molecule is CCOc1ccc(NC(=O)CSc2nnc(CNc3ccc(F)cc3)o2)cc1. The Morgan fingerprint density at radius 2 is 1.82 bits per heavy atom. The molecule has 0 atom stereocenters.